The number of rotatable bonds is 3. The first kappa shape index (κ1) is 13.9. The first-order valence-corrected chi connectivity index (χ1v) is 6.95. The summed E-state index contributed by atoms with van der Waals surface area (Å²) in [5.41, 5.74) is 4.03. The summed E-state index contributed by atoms with van der Waals surface area (Å²) >= 11 is 3.38. The lowest BCUT2D eigenvalue weighted by molar-refractivity contribution is 0.465. The Labute approximate surface area is 121 Å². The summed E-state index contributed by atoms with van der Waals surface area (Å²) in [5.74, 6) is 0.312. The molecular formula is C15H17BrN2O. The molecule has 4 heteroatoms. The SMILES string of the molecule is Cc1ccc(O)c(C(C)Nc2cnc(Br)c(C)c2)c1. The molecule has 0 bridgehead atoms. The number of aromatic nitrogens is 1. The molecule has 0 spiro atoms. The van der Waals surface area contributed by atoms with Gasteiger partial charge in [-0.05, 0) is 54.4 Å². The Kier molecular flexibility index (Phi) is 4.10. The van der Waals surface area contributed by atoms with Crippen LogP contribution in [-0.4, -0.2) is 10.1 Å². The Hall–Kier alpha value is -1.55. The van der Waals surface area contributed by atoms with Gasteiger partial charge in [0.05, 0.1) is 17.9 Å². The Morgan fingerprint density at radius 1 is 1.26 bits per heavy atom. The number of nitrogens with zero attached hydrogens (tertiary/aromatic N) is 1. The van der Waals surface area contributed by atoms with Crippen molar-refractivity contribution in [2.45, 2.75) is 26.8 Å². The number of phenolic OH excluding ortho intramolecular Hbond substituents is 1. The molecule has 1 aromatic heterocycles. The minimum Gasteiger partial charge on any atom is -0.508 e. The van der Waals surface area contributed by atoms with Gasteiger partial charge in [0.15, 0.2) is 0 Å². The van der Waals surface area contributed by atoms with Crippen LogP contribution < -0.4 is 5.32 Å². The fraction of sp³-hybridized carbons (Fsp3) is 0.267. The van der Waals surface area contributed by atoms with Gasteiger partial charge in [-0.3, -0.25) is 0 Å². The van der Waals surface area contributed by atoms with Crippen molar-refractivity contribution < 1.29 is 5.11 Å². The van der Waals surface area contributed by atoms with Gasteiger partial charge in [-0.2, -0.15) is 0 Å². The average molecular weight is 321 g/mol. The lowest BCUT2D eigenvalue weighted by Crippen LogP contribution is -2.07. The third kappa shape index (κ3) is 3.26. The predicted octanol–water partition coefficient (Wildman–Crippen LogP) is 4.34. The van der Waals surface area contributed by atoms with Gasteiger partial charge < -0.3 is 10.4 Å². The second kappa shape index (κ2) is 5.61. The molecule has 100 valence electrons. The van der Waals surface area contributed by atoms with Crippen molar-refractivity contribution in [2.24, 2.45) is 0 Å². The average Bonchev–Trinajstić information content (AvgIpc) is 2.36. The van der Waals surface area contributed by atoms with Crippen LogP contribution in [0.4, 0.5) is 5.69 Å². The Morgan fingerprint density at radius 3 is 2.68 bits per heavy atom. The Bertz CT molecular complexity index is 599. The molecule has 19 heavy (non-hydrogen) atoms. The fourth-order valence-electron chi connectivity index (χ4n) is 1.99. The van der Waals surface area contributed by atoms with E-state index in [1.165, 1.54) is 0 Å². The van der Waals surface area contributed by atoms with Crippen LogP contribution in [0.3, 0.4) is 0 Å². The van der Waals surface area contributed by atoms with Gasteiger partial charge >= 0.3 is 0 Å². The van der Waals surface area contributed by atoms with Gasteiger partial charge in [0.1, 0.15) is 10.4 Å². The smallest absolute Gasteiger partial charge is 0.120 e. The highest BCUT2D eigenvalue weighted by atomic mass is 79.9. The number of nitrogens with one attached hydrogen (secondary N) is 1. The monoisotopic (exact) mass is 320 g/mol. The number of aromatic hydroxyl groups is 1. The number of aryl methyl sites for hydroxylation is 2. The van der Waals surface area contributed by atoms with E-state index in [0.717, 1.165) is 27.0 Å². The van der Waals surface area contributed by atoms with Crippen LogP contribution in [0.1, 0.15) is 29.7 Å². The highest BCUT2D eigenvalue weighted by molar-refractivity contribution is 9.10. The van der Waals surface area contributed by atoms with Crippen molar-refractivity contribution in [2.75, 3.05) is 5.32 Å². The molecule has 1 atom stereocenters. The number of pyridine rings is 1. The van der Waals surface area contributed by atoms with Gasteiger partial charge in [0.25, 0.3) is 0 Å². The second-order valence-corrected chi connectivity index (χ2v) is 5.51. The zero-order valence-corrected chi connectivity index (χ0v) is 12.8. The van der Waals surface area contributed by atoms with Crippen LogP contribution in [-0.2, 0) is 0 Å². The molecular weight excluding hydrogens is 304 g/mol. The van der Waals surface area contributed by atoms with Gasteiger partial charge in [0.2, 0.25) is 0 Å². The van der Waals surface area contributed by atoms with Gasteiger partial charge in [-0.15, -0.1) is 0 Å². The maximum atomic E-state index is 9.92. The third-order valence-corrected chi connectivity index (χ3v) is 3.88. The largest absolute Gasteiger partial charge is 0.508 e. The number of benzene rings is 1. The molecule has 1 unspecified atom stereocenters. The third-order valence-electron chi connectivity index (χ3n) is 3.05. The maximum absolute atomic E-state index is 9.92. The van der Waals surface area contributed by atoms with Crippen LogP contribution >= 0.6 is 15.9 Å². The molecule has 0 aliphatic rings. The molecule has 0 aliphatic heterocycles. The molecule has 0 saturated carbocycles. The van der Waals surface area contributed by atoms with Gasteiger partial charge in [-0.1, -0.05) is 17.7 Å². The molecule has 0 saturated heterocycles. The normalized spacial score (nSPS) is 12.2. The zero-order chi connectivity index (χ0) is 14.0. The lowest BCUT2D eigenvalue weighted by atomic mass is 10.0. The van der Waals surface area contributed by atoms with E-state index in [0.29, 0.717) is 5.75 Å². The van der Waals surface area contributed by atoms with Crippen molar-refractivity contribution in [1.82, 2.24) is 4.98 Å². The first-order valence-electron chi connectivity index (χ1n) is 6.15. The number of hydrogen-bond acceptors (Lipinski definition) is 3. The van der Waals surface area contributed by atoms with Gasteiger partial charge in [-0.25, -0.2) is 4.98 Å². The van der Waals surface area contributed by atoms with Crippen molar-refractivity contribution >= 4 is 21.6 Å². The van der Waals surface area contributed by atoms with E-state index in [1.54, 1.807) is 12.3 Å². The molecule has 2 rings (SSSR count). The maximum Gasteiger partial charge on any atom is 0.120 e. The molecule has 2 aromatic rings. The highest BCUT2D eigenvalue weighted by Crippen LogP contribution is 2.28. The van der Waals surface area contributed by atoms with Crippen LogP contribution in [0.2, 0.25) is 0 Å². The number of halogens is 1. The van der Waals surface area contributed by atoms with E-state index < -0.39 is 0 Å². The quantitative estimate of drug-likeness (QED) is 0.827. The van der Waals surface area contributed by atoms with E-state index in [-0.39, 0.29) is 6.04 Å². The number of phenols is 1. The van der Waals surface area contributed by atoms with Crippen LogP contribution in [0.15, 0.2) is 35.1 Å². The Morgan fingerprint density at radius 2 is 2.00 bits per heavy atom. The van der Waals surface area contributed by atoms with Crippen molar-refractivity contribution in [1.29, 1.82) is 0 Å². The summed E-state index contributed by atoms with van der Waals surface area (Å²) in [6, 6.07) is 7.67. The summed E-state index contributed by atoms with van der Waals surface area (Å²) in [5, 5.41) is 13.3. The van der Waals surface area contributed by atoms with E-state index in [1.807, 2.05) is 39.0 Å². The number of anilines is 1. The summed E-state index contributed by atoms with van der Waals surface area (Å²) in [7, 11) is 0. The van der Waals surface area contributed by atoms with Crippen molar-refractivity contribution in [3.05, 3.63) is 51.8 Å². The van der Waals surface area contributed by atoms with Crippen LogP contribution in [0, 0.1) is 13.8 Å². The highest BCUT2D eigenvalue weighted by Gasteiger charge is 2.11. The molecule has 1 aromatic carbocycles. The van der Waals surface area contributed by atoms with Crippen LogP contribution in [0.25, 0.3) is 0 Å². The molecule has 0 amide bonds. The van der Waals surface area contributed by atoms with Gasteiger partial charge in [0, 0.05) is 5.56 Å². The predicted molar refractivity (Wildman–Crippen MR) is 81.6 cm³/mol. The first-order chi connectivity index (χ1) is 8.97. The number of hydrogen-bond donors (Lipinski definition) is 2. The minimum absolute atomic E-state index is 0.0160. The van der Waals surface area contributed by atoms with E-state index >= 15 is 0 Å². The summed E-state index contributed by atoms with van der Waals surface area (Å²) in [6.45, 7) is 6.03. The van der Waals surface area contributed by atoms with E-state index in [4.69, 9.17) is 0 Å². The zero-order valence-electron chi connectivity index (χ0n) is 11.2. The fourth-order valence-corrected chi connectivity index (χ4v) is 2.20. The summed E-state index contributed by atoms with van der Waals surface area (Å²) in [4.78, 5) is 4.26. The molecule has 0 aliphatic carbocycles. The van der Waals surface area contributed by atoms with Crippen molar-refractivity contribution in [3.63, 3.8) is 0 Å². The van der Waals surface area contributed by atoms with Crippen LogP contribution in [0.5, 0.6) is 5.75 Å². The van der Waals surface area contributed by atoms with E-state index in [9.17, 15) is 5.11 Å². The molecule has 1 heterocycles. The molecule has 0 radical (unpaired) electrons. The second-order valence-electron chi connectivity index (χ2n) is 4.76. The Balaban J connectivity index is 2.22. The topological polar surface area (TPSA) is 45.1 Å². The van der Waals surface area contributed by atoms with E-state index in [2.05, 4.69) is 26.2 Å². The molecule has 3 nitrogen and oxygen atoms in total. The molecule has 0 fully saturated rings. The standard InChI is InChI=1S/C15H17BrN2O/c1-9-4-5-14(19)13(6-9)11(3)18-12-7-10(2)15(16)17-8-12/h4-8,11,18-19H,1-3H3. The van der Waals surface area contributed by atoms with Crippen molar-refractivity contribution in [3.8, 4) is 5.75 Å². The summed E-state index contributed by atoms with van der Waals surface area (Å²) in [6.07, 6.45) is 1.78. The minimum atomic E-state index is 0.0160. The summed E-state index contributed by atoms with van der Waals surface area (Å²) < 4.78 is 0.851. The lowest BCUT2D eigenvalue weighted by Gasteiger charge is -2.17. The molecule has 2 N–H and O–H groups in total.